The van der Waals surface area contributed by atoms with Crippen molar-refractivity contribution in [3.8, 4) is 0 Å². The van der Waals surface area contributed by atoms with Crippen molar-refractivity contribution in [1.29, 1.82) is 0 Å². The number of amides is 1. The molecular weight excluding hydrogens is 266 g/mol. The molecule has 110 valence electrons. The van der Waals surface area contributed by atoms with Crippen molar-refractivity contribution in [2.24, 2.45) is 11.8 Å². The summed E-state index contributed by atoms with van der Waals surface area (Å²) in [6, 6.07) is 3.50. The van der Waals surface area contributed by atoms with Gasteiger partial charge in [0, 0.05) is 18.2 Å². The van der Waals surface area contributed by atoms with E-state index in [1.807, 2.05) is 13.8 Å². The monoisotopic (exact) mass is 284 g/mol. The molecule has 0 spiro atoms. The molecule has 1 aromatic rings. The average molecular weight is 284 g/mol. The predicted molar refractivity (Wildman–Crippen MR) is 72.3 cm³/mol. The number of rotatable bonds is 6. The Kier molecular flexibility index (Phi) is 6.27. The van der Waals surface area contributed by atoms with Crippen LogP contribution in [0.4, 0.5) is 8.78 Å². The van der Waals surface area contributed by atoms with Gasteiger partial charge >= 0.3 is 0 Å². The van der Waals surface area contributed by atoms with Gasteiger partial charge in [-0.25, -0.2) is 14.7 Å². The van der Waals surface area contributed by atoms with E-state index < -0.39 is 17.5 Å². The predicted octanol–water partition coefficient (Wildman–Crippen LogP) is 2.01. The minimum atomic E-state index is -0.723. The lowest BCUT2D eigenvalue weighted by Gasteiger charge is -2.17. The summed E-state index contributed by atoms with van der Waals surface area (Å²) >= 11 is 0. The minimum Gasteiger partial charge on any atom is -0.350 e. The maximum atomic E-state index is 13.3. The molecule has 1 unspecified atom stereocenters. The first-order valence-electron chi connectivity index (χ1n) is 6.21. The molecule has 0 aromatic heterocycles. The molecule has 1 rings (SSSR count). The highest BCUT2D eigenvalue weighted by molar-refractivity contribution is 5.91. The molecule has 20 heavy (non-hydrogen) atoms. The van der Waals surface area contributed by atoms with Crippen LogP contribution in [0, 0.1) is 17.6 Å². The lowest BCUT2D eigenvalue weighted by molar-refractivity contribution is -0.117. The quantitative estimate of drug-likeness (QED) is 0.620. The van der Waals surface area contributed by atoms with Gasteiger partial charge in [0.2, 0.25) is 5.91 Å². The summed E-state index contributed by atoms with van der Waals surface area (Å²) in [4.78, 5) is 16.2. The van der Waals surface area contributed by atoms with Crippen molar-refractivity contribution >= 4 is 12.0 Å². The molecule has 3 N–H and O–H groups in total. The normalized spacial score (nSPS) is 12.9. The number of carbonyl (C=O) groups excluding carboxylic acids is 1. The molecule has 4 nitrogen and oxygen atoms in total. The fraction of sp³-hybridized carbons (Fsp3) is 0.357. The Morgan fingerprint density at radius 3 is 2.50 bits per heavy atom. The van der Waals surface area contributed by atoms with Crippen molar-refractivity contribution in [1.82, 2.24) is 5.32 Å². The van der Waals surface area contributed by atoms with Crippen molar-refractivity contribution < 1.29 is 18.4 Å². The highest BCUT2D eigenvalue weighted by atomic mass is 19.1. The van der Waals surface area contributed by atoms with Crippen LogP contribution in [-0.4, -0.2) is 18.6 Å². The van der Waals surface area contributed by atoms with Crippen molar-refractivity contribution in [3.63, 3.8) is 0 Å². The highest BCUT2D eigenvalue weighted by Gasteiger charge is 2.13. The molecule has 0 aliphatic carbocycles. The minimum absolute atomic E-state index is 0.133. The SMILES string of the molecule is CC(C)C(CNC(=O)C=Cc1c(F)cccc1F)ON. The molecule has 0 aliphatic rings. The Balaban J connectivity index is 2.60. The van der Waals surface area contributed by atoms with E-state index in [2.05, 4.69) is 5.32 Å². The van der Waals surface area contributed by atoms with Crippen LogP contribution >= 0.6 is 0 Å². The number of halogens is 2. The maximum absolute atomic E-state index is 13.3. The molecular formula is C14H18F2N2O2. The lowest BCUT2D eigenvalue weighted by atomic mass is 10.1. The van der Waals surface area contributed by atoms with E-state index in [0.29, 0.717) is 0 Å². The second-order valence-corrected chi connectivity index (χ2v) is 4.63. The Morgan fingerprint density at radius 2 is 2.00 bits per heavy atom. The van der Waals surface area contributed by atoms with Gasteiger partial charge in [0.25, 0.3) is 0 Å². The highest BCUT2D eigenvalue weighted by Crippen LogP contribution is 2.13. The summed E-state index contributed by atoms with van der Waals surface area (Å²) in [6.45, 7) is 4.01. The second kappa shape index (κ2) is 7.72. The average Bonchev–Trinajstić information content (AvgIpc) is 2.38. The van der Waals surface area contributed by atoms with Crippen LogP contribution in [0.15, 0.2) is 24.3 Å². The Hall–Kier alpha value is -1.79. The standard InChI is InChI=1S/C14H18F2N2O2/c1-9(2)13(20-17)8-18-14(19)7-6-10-11(15)4-3-5-12(10)16/h3-7,9,13H,8,17H2,1-2H3,(H,18,19). The Labute approximate surface area is 116 Å². The first kappa shape index (κ1) is 16.3. The summed E-state index contributed by atoms with van der Waals surface area (Å²) in [5.74, 6) is 3.31. The first-order chi connectivity index (χ1) is 9.45. The number of hydrogen-bond donors (Lipinski definition) is 2. The van der Waals surface area contributed by atoms with Gasteiger partial charge in [0.05, 0.1) is 6.10 Å². The molecule has 6 heteroatoms. The zero-order valence-corrected chi connectivity index (χ0v) is 11.4. The van der Waals surface area contributed by atoms with E-state index in [1.54, 1.807) is 0 Å². The summed E-state index contributed by atoms with van der Waals surface area (Å²) in [6.07, 6.45) is 1.83. The fourth-order valence-electron chi connectivity index (χ4n) is 1.53. The van der Waals surface area contributed by atoms with E-state index in [-0.39, 0.29) is 24.1 Å². The zero-order chi connectivity index (χ0) is 15.1. The van der Waals surface area contributed by atoms with E-state index >= 15 is 0 Å². The summed E-state index contributed by atoms with van der Waals surface area (Å²) in [5.41, 5.74) is -0.252. The van der Waals surface area contributed by atoms with Gasteiger partial charge < -0.3 is 5.32 Å². The number of hydrogen-bond acceptors (Lipinski definition) is 3. The van der Waals surface area contributed by atoms with Gasteiger partial charge in [-0.3, -0.25) is 9.63 Å². The number of benzene rings is 1. The van der Waals surface area contributed by atoms with Gasteiger partial charge in [-0.05, 0) is 24.1 Å². The molecule has 0 aliphatic heterocycles. The molecule has 1 atom stereocenters. The smallest absolute Gasteiger partial charge is 0.244 e. The van der Waals surface area contributed by atoms with Crippen LogP contribution in [0.1, 0.15) is 19.4 Å². The van der Waals surface area contributed by atoms with Crippen molar-refractivity contribution in [2.75, 3.05) is 6.54 Å². The number of carbonyl (C=O) groups is 1. The molecule has 0 saturated heterocycles. The Bertz CT molecular complexity index is 470. The zero-order valence-electron chi connectivity index (χ0n) is 11.4. The fourth-order valence-corrected chi connectivity index (χ4v) is 1.53. The third-order valence-corrected chi connectivity index (χ3v) is 2.80. The third kappa shape index (κ3) is 4.71. The summed E-state index contributed by atoms with van der Waals surface area (Å²) < 4.78 is 26.6. The van der Waals surface area contributed by atoms with E-state index in [1.165, 1.54) is 6.07 Å². The molecule has 0 fully saturated rings. The van der Waals surface area contributed by atoms with Crippen molar-refractivity contribution in [2.45, 2.75) is 20.0 Å². The second-order valence-electron chi connectivity index (χ2n) is 4.63. The van der Waals surface area contributed by atoms with Gasteiger partial charge in [-0.15, -0.1) is 0 Å². The lowest BCUT2D eigenvalue weighted by Crippen LogP contribution is -2.37. The van der Waals surface area contributed by atoms with Crippen LogP contribution < -0.4 is 11.2 Å². The van der Waals surface area contributed by atoms with Gasteiger partial charge in [0.15, 0.2) is 0 Å². The molecule has 1 amide bonds. The third-order valence-electron chi connectivity index (χ3n) is 2.80. The Morgan fingerprint density at radius 1 is 1.40 bits per heavy atom. The van der Waals surface area contributed by atoms with E-state index in [4.69, 9.17) is 10.7 Å². The van der Waals surface area contributed by atoms with Crippen LogP contribution in [0.5, 0.6) is 0 Å². The van der Waals surface area contributed by atoms with Crippen LogP contribution in [0.3, 0.4) is 0 Å². The van der Waals surface area contributed by atoms with Gasteiger partial charge in [0.1, 0.15) is 11.6 Å². The summed E-state index contributed by atoms with van der Waals surface area (Å²) in [5, 5.41) is 2.55. The maximum Gasteiger partial charge on any atom is 0.244 e. The molecule has 0 saturated carbocycles. The van der Waals surface area contributed by atoms with Crippen LogP contribution in [-0.2, 0) is 9.63 Å². The van der Waals surface area contributed by atoms with E-state index in [9.17, 15) is 13.6 Å². The van der Waals surface area contributed by atoms with Gasteiger partial charge in [-0.1, -0.05) is 19.9 Å². The molecule has 1 aromatic carbocycles. The first-order valence-corrected chi connectivity index (χ1v) is 6.21. The summed E-state index contributed by atoms with van der Waals surface area (Å²) in [7, 11) is 0. The topological polar surface area (TPSA) is 64.3 Å². The van der Waals surface area contributed by atoms with Crippen LogP contribution in [0.2, 0.25) is 0 Å². The molecule has 0 heterocycles. The van der Waals surface area contributed by atoms with Crippen molar-refractivity contribution in [3.05, 3.63) is 41.5 Å². The number of nitrogens with two attached hydrogens (primary N) is 1. The van der Waals surface area contributed by atoms with E-state index in [0.717, 1.165) is 24.3 Å². The molecule has 0 bridgehead atoms. The van der Waals surface area contributed by atoms with Crippen LogP contribution in [0.25, 0.3) is 6.08 Å². The molecule has 0 radical (unpaired) electrons. The number of nitrogens with one attached hydrogen (secondary N) is 1. The largest absolute Gasteiger partial charge is 0.350 e. The van der Waals surface area contributed by atoms with Gasteiger partial charge in [-0.2, -0.15) is 0 Å².